The molecule has 1 aliphatic rings. The van der Waals surface area contributed by atoms with E-state index in [-0.39, 0.29) is 5.69 Å². The molecule has 2 heterocycles. The van der Waals surface area contributed by atoms with Gasteiger partial charge in [-0.05, 0) is 12.1 Å². The summed E-state index contributed by atoms with van der Waals surface area (Å²) >= 11 is 0. The third-order valence-corrected chi connectivity index (χ3v) is 3.74. The van der Waals surface area contributed by atoms with Gasteiger partial charge >= 0.3 is 5.69 Å². The number of ether oxygens (including phenoxy) is 1. The predicted molar refractivity (Wildman–Crippen MR) is 77.6 cm³/mol. The molecule has 2 aromatic rings. The molecule has 106 valence electrons. The zero-order valence-corrected chi connectivity index (χ0v) is 11.3. The summed E-state index contributed by atoms with van der Waals surface area (Å²) in [7, 11) is 0. The highest BCUT2D eigenvalue weighted by Gasteiger charge is 2.14. The highest BCUT2D eigenvalue weighted by Crippen LogP contribution is 2.11. The van der Waals surface area contributed by atoms with Crippen LogP contribution in [0.15, 0.2) is 29.1 Å². The maximum absolute atomic E-state index is 12.3. The van der Waals surface area contributed by atoms with Gasteiger partial charge in [-0.1, -0.05) is 12.1 Å². The number of nitrogens with zero attached hydrogens (tertiary/aromatic N) is 3. The number of rotatable bonds is 4. The second-order valence-corrected chi connectivity index (χ2v) is 4.88. The number of hydrogen-bond donors (Lipinski definition) is 1. The molecule has 1 aromatic carbocycles. The molecule has 20 heavy (non-hydrogen) atoms. The summed E-state index contributed by atoms with van der Waals surface area (Å²) in [6.45, 7) is 4.82. The number of nitrogens with one attached hydrogen (secondary N) is 1. The van der Waals surface area contributed by atoms with E-state index in [2.05, 4.69) is 4.90 Å². The number of para-hydroxylation sites is 2. The van der Waals surface area contributed by atoms with Crippen molar-refractivity contribution in [3.05, 3.63) is 34.7 Å². The van der Waals surface area contributed by atoms with Crippen molar-refractivity contribution >= 4 is 17.4 Å². The molecule has 0 bridgehead atoms. The molecular weight excluding hydrogens is 256 g/mol. The van der Waals surface area contributed by atoms with E-state index in [9.17, 15) is 4.79 Å². The zero-order valence-electron chi connectivity index (χ0n) is 11.3. The van der Waals surface area contributed by atoms with E-state index in [4.69, 9.17) is 10.1 Å². The number of morpholine rings is 1. The fourth-order valence-electron chi connectivity index (χ4n) is 2.64. The molecule has 3 rings (SSSR count). The van der Waals surface area contributed by atoms with Crippen molar-refractivity contribution in [2.24, 2.45) is 0 Å². The maximum atomic E-state index is 12.3. The molecule has 1 saturated heterocycles. The van der Waals surface area contributed by atoms with E-state index in [1.54, 1.807) is 4.57 Å². The van der Waals surface area contributed by atoms with Crippen molar-refractivity contribution in [1.82, 2.24) is 14.0 Å². The average molecular weight is 274 g/mol. The third kappa shape index (κ3) is 2.28. The summed E-state index contributed by atoms with van der Waals surface area (Å²) in [6, 6.07) is 7.60. The fourth-order valence-corrected chi connectivity index (χ4v) is 2.64. The topological polar surface area (TPSA) is 63.2 Å². The second kappa shape index (κ2) is 5.60. The van der Waals surface area contributed by atoms with Crippen molar-refractivity contribution in [2.75, 3.05) is 32.8 Å². The Morgan fingerprint density at radius 1 is 1.15 bits per heavy atom. The van der Waals surface area contributed by atoms with Gasteiger partial charge in [0.15, 0.2) is 0 Å². The van der Waals surface area contributed by atoms with Gasteiger partial charge in [0.25, 0.3) is 0 Å². The van der Waals surface area contributed by atoms with Crippen LogP contribution in [-0.2, 0) is 11.3 Å². The number of hydrogen-bond acceptors (Lipinski definition) is 4. The molecule has 0 amide bonds. The van der Waals surface area contributed by atoms with Crippen LogP contribution < -0.4 is 5.69 Å². The summed E-state index contributed by atoms with van der Waals surface area (Å²) < 4.78 is 8.45. The Labute approximate surface area is 116 Å². The van der Waals surface area contributed by atoms with Crippen molar-refractivity contribution in [1.29, 1.82) is 5.41 Å². The molecule has 1 fully saturated rings. The number of fused-ring (bicyclic) bond motifs is 1. The molecule has 1 N–H and O–H groups in total. The summed E-state index contributed by atoms with van der Waals surface area (Å²) in [4.78, 5) is 14.6. The monoisotopic (exact) mass is 274 g/mol. The van der Waals surface area contributed by atoms with Gasteiger partial charge in [-0.15, -0.1) is 0 Å². The van der Waals surface area contributed by atoms with Gasteiger partial charge < -0.3 is 4.74 Å². The van der Waals surface area contributed by atoms with Crippen molar-refractivity contribution in [3.63, 3.8) is 0 Å². The number of imidazole rings is 1. The Balaban J connectivity index is 1.89. The van der Waals surface area contributed by atoms with Gasteiger partial charge in [0.2, 0.25) is 0 Å². The summed E-state index contributed by atoms with van der Waals surface area (Å²) in [5, 5.41) is 7.41. The summed E-state index contributed by atoms with van der Waals surface area (Å²) in [6.07, 6.45) is 1.08. The maximum Gasteiger partial charge on any atom is 0.334 e. The average Bonchev–Trinajstić information content (AvgIpc) is 2.77. The molecule has 0 radical (unpaired) electrons. The number of benzene rings is 1. The van der Waals surface area contributed by atoms with Gasteiger partial charge in [0.1, 0.15) is 0 Å². The Morgan fingerprint density at radius 2 is 1.85 bits per heavy atom. The van der Waals surface area contributed by atoms with Gasteiger partial charge in [-0.3, -0.25) is 19.4 Å². The zero-order chi connectivity index (χ0) is 13.9. The van der Waals surface area contributed by atoms with Gasteiger partial charge in [0.05, 0.1) is 30.6 Å². The lowest BCUT2D eigenvalue weighted by molar-refractivity contribution is 0.0364. The van der Waals surface area contributed by atoms with Crippen LogP contribution in [0.1, 0.15) is 0 Å². The largest absolute Gasteiger partial charge is 0.379 e. The predicted octanol–water partition coefficient (Wildman–Crippen LogP) is 0.590. The minimum atomic E-state index is -0.144. The van der Waals surface area contributed by atoms with Gasteiger partial charge in [-0.2, -0.15) is 0 Å². The fraction of sp³-hybridized carbons (Fsp3) is 0.429. The van der Waals surface area contributed by atoms with Crippen LogP contribution in [0.2, 0.25) is 0 Å². The molecule has 0 saturated carbocycles. The van der Waals surface area contributed by atoms with E-state index >= 15 is 0 Å². The van der Waals surface area contributed by atoms with Crippen LogP contribution in [0.25, 0.3) is 11.0 Å². The first-order valence-corrected chi connectivity index (χ1v) is 6.82. The molecule has 1 aliphatic heterocycles. The minimum Gasteiger partial charge on any atom is -0.379 e. The Kier molecular flexibility index (Phi) is 3.66. The summed E-state index contributed by atoms with van der Waals surface area (Å²) in [5.74, 6) is 0. The van der Waals surface area contributed by atoms with Crippen molar-refractivity contribution in [3.8, 4) is 0 Å². The Morgan fingerprint density at radius 3 is 2.55 bits per heavy atom. The summed E-state index contributed by atoms with van der Waals surface area (Å²) in [5.41, 5.74) is 1.53. The highest BCUT2D eigenvalue weighted by molar-refractivity contribution is 5.82. The molecule has 0 aliphatic carbocycles. The van der Waals surface area contributed by atoms with Crippen molar-refractivity contribution in [2.45, 2.75) is 6.54 Å². The molecule has 6 nitrogen and oxygen atoms in total. The number of aromatic nitrogens is 2. The standard InChI is InChI=1S/C14H18N4O2/c15-11-18-13-4-2-1-3-12(13)17(14(18)19)6-5-16-7-9-20-10-8-16/h1-4,11,15H,5-10H2. The van der Waals surface area contributed by atoms with Crippen LogP contribution in [0, 0.1) is 5.41 Å². The van der Waals surface area contributed by atoms with Crippen LogP contribution in [0.3, 0.4) is 0 Å². The molecule has 6 heteroatoms. The first-order chi connectivity index (χ1) is 9.81. The quantitative estimate of drug-likeness (QED) is 0.655. The second-order valence-electron chi connectivity index (χ2n) is 4.88. The van der Waals surface area contributed by atoms with Gasteiger partial charge in [0, 0.05) is 26.2 Å². The highest BCUT2D eigenvalue weighted by atomic mass is 16.5. The lowest BCUT2D eigenvalue weighted by Gasteiger charge is -2.26. The van der Waals surface area contributed by atoms with Crippen LogP contribution in [-0.4, -0.2) is 53.2 Å². The first-order valence-electron chi connectivity index (χ1n) is 6.82. The molecule has 1 aromatic heterocycles. The molecular formula is C14H18N4O2. The van der Waals surface area contributed by atoms with E-state index in [1.807, 2.05) is 24.3 Å². The van der Waals surface area contributed by atoms with E-state index in [0.29, 0.717) is 6.54 Å². The normalized spacial score (nSPS) is 16.6. The molecule has 0 spiro atoms. The van der Waals surface area contributed by atoms with E-state index in [0.717, 1.165) is 50.2 Å². The van der Waals surface area contributed by atoms with E-state index in [1.165, 1.54) is 4.57 Å². The third-order valence-electron chi connectivity index (χ3n) is 3.74. The Hall–Kier alpha value is -1.92. The Bertz CT molecular complexity index is 667. The smallest absolute Gasteiger partial charge is 0.334 e. The first kappa shape index (κ1) is 13.1. The lowest BCUT2D eigenvalue weighted by Crippen LogP contribution is -2.39. The lowest BCUT2D eigenvalue weighted by atomic mass is 10.3. The minimum absolute atomic E-state index is 0.144. The van der Waals surface area contributed by atoms with Crippen LogP contribution >= 0.6 is 0 Å². The van der Waals surface area contributed by atoms with E-state index < -0.39 is 0 Å². The molecule has 0 unspecified atom stereocenters. The SMILES string of the molecule is N=Cn1c(=O)n(CCN2CCOCC2)c2ccccc21. The van der Waals surface area contributed by atoms with Gasteiger partial charge in [-0.25, -0.2) is 4.79 Å². The molecule has 0 atom stereocenters. The van der Waals surface area contributed by atoms with Crippen LogP contribution in [0.5, 0.6) is 0 Å². The van der Waals surface area contributed by atoms with Crippen LogP contribution in [0.4, 0.5) is 0 Å². The van der Waals surface area contributed by atoms with Crippen molar-refractivity contribution < 1.29 is 4.74 Å².